The van der Waals surface area contributed by atoms with Crippen LogP contribution in [0.2, 0.25) is 5.02 Å². The minimum atomic E-state index is -0.765. The third-order valence-corrected chi connectivity index (χ3v) is 2.82. The number of hydrogen-bond donors (Lipinski definition) is 2. The van der Waals surface area contributed by atoms with Gasteiger partial charge in [-0.15, -0.1) is 0 Å². The molecule has 0 heterocycles. The number of benzene rings is 1. The first-order valence-corrected chi connectivity index (χ1v) is 6.28. The summed E-state index contributed by atoms with van der Waals surface area (Å²) >= 11 is 5.99. The number of ether oxygens (including phenoxy) is 2. The molecule has 110 valence electrons. The van der Waals surface area contributed by atoms with Crippen molar-refractivity contribution in [3.05, 3.63) is 23.2 Å². The van der Waals surface area contributed by atoms with Crippen LogP contribution in [0.15, 0.2) is 18.2 Å². The molecule has 7 heteroatoms. The van der Waals surface area contributed by atoms with E-state index >= 15 is 0 Å². The van der Waals surface area contributed by atoms with E-state index in [2.05, 4.69) is 15.4 Å². The molecule has 0 fully saturated rings. The summed E-state index contributed by atoms with van der Waals surface area (Å²) in [6.45, 7) is 1.52. The number of methoxy groups -OCH3 is 2. The van der Waals surface area contributed by atoms with Crippen LogP contribution in [0.25, 0.3) is 0 Å². The van der Waals surface area contributed by atoms with Gasteiger partial charge in [0.2, 0.25) is 5.91 Å². The summed E-state index contributed by atoms with van der Waals surface area (Å²) in [7, 11) is 2.79. The Balaban J connectivity index is 2.69. The van der Waals surface area contributed by atoms with Gasteiger partial charge in [-0.1, -0.05) is 11.6 Å². The number of halogens is 1. The van der Waals surface area contributed by atoms with Gasteiger partial charge >= 0.3 is 5.97 Å². The van der Waals surface area contributed by atoms with E-state index in [4.69, 9.17) is 16.3 Å². The number of carbonyl (C=O) groups excluding carboxylic acids is 2. The Kier molecular flexibility index (Phi) is 6.11. The quantitative estimate of drug-likeness (QED) is 0.777. The molecule has 0 spiro atoms. The molecule has 1 aromatic carbocycles. The molecule has 0 aliphatic rings. The Labute approximate surface area is 122 Å². The van der Waals surface area contributed by atoms with Gasteiger partial charge in [0.05, 0.1) is 19.2 Å². The fourth-order valence-electron chi connectivity index (χ4n) is 1.58. The number of nitrogens with one attached hydrogen (secondary N) is 2. The van der Waals surface area contributed by atoms with Crippen LogP contribution in [-0.2, 0) is 14.3 Å². The van der Waals surface area contributed by atoms with Crippen molar-refractivity contribution in [2.75, 3.05) is 26.1 Å². The zero-order valence-electron chi connectivity index (χ0n) is 11.5. The number of carbonyl (C=O) groups is 2. The van der Waals surface area contributed by atoms with Crippen molar-refractivity contribution in [1.29, 1.82) is 0 Å². The van der Waals surface area contributed by atoms with E-state index in [1.807, 2.05) is 0 Å². The highest BCUT2D eigenvalue weighted by Gasteiger charge is 2.19. The minimum absolute atomic E-state index is 0.189. The second kappa shape index (κ2) is 7.59. The lowest BCUT2D eigenvalue weighted by molar-refractivity contribution is -0.144. The van der Waals surface area contributed by atoms with Crippen LogP contribution in [0.4, 0.5) is 5.69 Å². The van der Waals surface area contributed by atoms with Gasteiger partial charge in [0.1, 0.15) is 11.8 Å². The maximum atomic E-state index is 11.5. The molecule has 0 saturated heterocycles. The standard InChI is InChI=1S/C13H17ClN2O4/c1-8(17)16-11(13(18)20-3)7-15-9-4-5-12(19-2)10(14)6-9/h4-6,11,15H,7H2,1-3H3,(H,16,17). The van der Waals surface area contributed by atoms with Crippen LogP contribution in [0.3, 0.4) is 0 Å². The van der Waals surface area contributed by atoms with E-state index < -0.39 is 12.0 Å². The molecule has 1 rings (SSSR count). The molecule has 1 atom stereocenters. The van der Waals surface area contributed by atoms with E-state index in [0.29, 0.717) is 16.5 Å². The molecule has 1 amide bonds. The first kappa shape index (κ1) is 16.1. The summed E-state index contributed by atoms with van der Waals surface area (Å²) in [6.07, 6.45) is 0. The summed E-state index contributed by atoms with van der Waals surface area (Å²) in [6, 6.07) is 4.37. The molecule has 20 heavy (non-hydrogen) atoms. The Morgan fingerprint density at radius 2 is 2.05 bits per heavy atom. The maximum absolute atomic E-state index is 11.5. The molecule has 0 aliphatic carbocycles. The van der Waals surface area contributed by atoms with Gasteiger partial charge in [0.25, 0.3) is 0 Å². The van der Waals surface area contributed by atoms with Crippen LogP contribution in [-0.4, -0.2) is 38.7 Å². The lowest BCUT2D eigenvalue weighted by atomic mass is 10.2. The number of rotatable bonds is 6. The smallest absolute Gasteiger partial charge is 0.330 e. The molecule has 2 N–H and O–H groups in total. The molecule has 0 aromatic heterocycles. The normalized spacial score (nSPS) is 11.4. The fourth-order valence-corrected chi connectivity index (χ4v) is 1.83. The molecule has 1 aromatic rings. The van der Waals surface area contributed by atoms with Gasteiger partial charge < -0.3 is 20.1 Å². The highest BCUT2D eigenvalue weighted by Crippen LogP contribution is 2.27. The molecule has 1 unspecified atom stereocenters. The number of esters is 1. The lowest BCUT2D eigenvalue weighted by Crippen LogP contribution is -2.45. The van der Waals surface area contributed by atoms with E-state index in [1.54, 1.807) is 18.2 Å². The van der Waals surface area contributed by atoms with Gasteiger partial charge in [0, 0.05) is 19.2 Å². The Morgan fingerprint density at radius 3 is 2.55 bits per heavy atom. The maximum Gasteiger partial charge on any atom is 0.330 e. The predicted molar refractivity (Wildman–Crippen MR) is 76.1 cm³/mol. The summed E-state index contributed by atoms with van der Waals surface area (Å²) in [5.41, 5.74) is 0.704. The SMILES string of the molecule is COC(=O)C(CNc1ccc(OC)c(Cl)c1)NC(C)=O. The topological polar surface area (TPSA) is 76.7 Å². The fraction of sp³-hybridized carbons (Fsp3) is 0.385. The van der Waals surface area contributed by atoms with Crippen molar-refractivity contribution < 1.29 is 19.1 Å². The zero-order chi connectivity index (χ0) is 15.1. The van der Waals surface area contributed by atoms with E-state index in [0.717, 1.165) is 0 Å². The summed E-state index contributed by atoms with van der Waals surface area (Å²) in [5.74, 6) is -0.272. The van der Waals surface area contributed by atoms with Crippen molar-refractivity contribution in [2.24, 2.45) is 0 Å². The van der Waals surface area contributed by atoms with Crippen LogP contribution in [0.1, 0.15) is 6.92 Å². The molecule has 0 saturated carbocycles. The van der Waals surface area contributed by atoms with Crippen LogP contribution in [0.5, 0.6) is 5.75 Å². The first-order valence-electron chi connectivity index (χ1n) is 5.90. The monoisotopic (exact) mass is 300 g/mol. The predicted octanol–water partition coefficient (Wildman–Crippen LogP) is 1.44. The second-order valence-corrected chi connectivity index (χ2v) is 4.41. The number of anilines is 1. The van der Waals surface area contributed by atoms with E-state index in [9.17, 15) is 9.59 Å². The van der Waals surface area contributed by atoms with Crippen molar-refractivity contribution in [1.82, 2.24) is 5.32 Å². The van der Waals surface area contributed by atoms with E-state index in [1.165, 1.54) is 21.1 Å². The first-order chi connectivity index (χ1) is 9.47. The average molecular weight is 301 g/mol. The van der Waals surface area contributed by atoms with Crippen molar-refractivity contribution >= 4 is 29.2 Å². The Morgan fingerprint density at radius 1 is 1.35 bits per heavy atom. The van der Waals surface area contributed by atoms with Gasteiger partial charge in [-0.25, -0.2) is 4.79 Å². The highest BCUT2D eigenvalue weighted by molar-refractivity contribution is 6.32. The molecule has 0 radical (unpaired) electrons. The van der Waals surface area contributed by atoms with Crippen LogP contribution in [0, 0.1) is 0 Å². The largest absolute Gasteiger partial charge is 0.495 e. The van der Waals surface area contributed by atoms with Gasteiger partial charge in [-0.05, 0) is 18.2 Å². The van der Waals surface area contributed by atoms with Gasteiger partial charge in [-0.3, -0.25) is 4.79 Å². The molecule has 0 bridgehead atoms. The number of amides is 1. The van der Waals surface area contributed by atoms with Crippen molar-refractivity contribution in [3.63, 3.8) is 0 Å². The molecule has 0 aliphatic heterocycles. The molecule has 6 nitrogen and oxygen atoms in total. The minimum Gasteiger partial charge on any atom is -0.495 e. The molecular formula is C13H17ClN2O4. The average Bonchev–Trinajstić information content (AvgIpc) is 2.42. The second-order valence-electron chi connectivity index (χ2n) is 4.01. The Bertz CT molecular complexity index is 493. The summed E-state index contributed by atoms with van der Waals surface area (Å²) < 4.78 is 9.67. The van der Waals surface area contributed by atoms with Crippen LogP contribution < -0.4 is 15.4 Å². The summed E-state index contributed by atoms with van der Waals surface area (Å²) in [5, 5.41) is 5.96. The van der Waals surface area contributed by atoms with Gasteiger partial charge in [0.15, 0.2) is 0 Å². The number of hydrogen-bond acceptors (Lipinski definition) is 5. The third kappa shape index (κ3) is 4.62. The molecular weight excluding hydrogens is 284 g/mol. The van der Waals surface area contributed by atoms with Crippen molar-refractivity contribution in [3.8, 4) is 5.75 Å². The van der Waals surface area contributed by atoms with Crippen LogP contribution >= 0.6 is 11.6 Å². The Hall–Kier alpha value is -1.95. The summed E-state index contributed by atoms with van der Waals surface area (Å²) in [4.78, 5) is 22.6. The third-order valence-electron chi connectivity index (χ3n) is 2.53. The van der Waals surface area contributed by atoms with Gasteiger partial charge in [-0.2, -0.15) is 0 Å². The van der Waals surface area contributed by atoms with Crippen molar-refractivity contribution in [2.45, 2.75) is 13.0 Å². The lowest BCUT2D eigenvalue weighted by Gasteiger charge is -2.17. The highest BCUT2D eigenvalue weighted by atomic mass is 35.5. The van der Waals surface area contributed by atoms with E-state index in [-0.39, 0.29) is 12.5 Å². The zero-order valence-corrected chi connectivity index (χ0v) is 12.3.